The third kappa shape index (κ3) is 3.76. The number of hydrogen-bond donors (Lipinski definition) is 1. The molecule has 1 atom stereocenters. The standard InChI is InChI=1S/C17H28N4O2/c1-6-12(18)17-19-13-10-15(22-4)16(23-5)11-14(13)21(17)9-7-8-20(2)3/h10-12H,6-9,18H2,1-5H3. The fourth-order valence-electron chi connectivity index (χ4n) is 2.72. The van der Waals surface area contributed by atoms with Gasteiger partial charge in [-0.3, -0.25) is 0 Å². The lowest BCUT2D eigenvalue weighted by Gasteiger charge is -2.15. The van der Waals surface area contributed by atoms with Crippen LogP contribution in [-0.2, 0) is 6.54 Å². The average molecular weight is 320 g/mol. The number of methoxy groups -OCH3 is 2. The van der Waals surface area contributed by atoms with Crippen LogP contribution in [0.2, 0.25) is 0 Å². The molecule has 1 heterocycles. The minimum atomic E-state index is -0.0706. The lowest BCUT2D eigenvalue weighted by Crippen LogP contribution is -2.19. The Labute approximate surface area is 138 Å². The third-order valence-electron chi connectivity index (χ3n) is 4.04. The molecular weight excluding hydrogens is 292 g/mol. The normalized spacial score (nSPS) is 12.8. The Morgan fingerprint density at radius 3 is 2.43 bits per heavy atom. The van der Waals surface area contributed by atoms with Crippen LogP contribution in [0, 0.1) is 0 Å². The van der Waals surface area contributed by atoms with Gasteiger partial charge in [0, 0.05) is 18.7 Å². The van der Waals surface area contributed by atoms with Gasteiger partial charge >= 0.3 is 0 Å². The first-order chi connectivity index (χ1) is 11.0. The van der Waals surface area contributed by atoms with Crippen molar-refractivity contribution < 1.29 is 9.47 Å². The first-order valence-electron chi connectivity index (χ1n) is 8.04. The van der Waals surface area contributed by atoms with Gasteiger partial charge in [0.25, 0.3) is 0 Å². The van der Waals surface area contributed by atoms with Crippen LogP contribution in [0.25, 0.3) is 11.0 Å². The van der Waals surface area contributed by atoms with Crippen LogP contribution in [0.5, 0.6) is 11.5 Å². The number of rotatable bonds is 8. The number of fused-ring (bicyclic) bond motifs is 1. The van der Waals surface area contributed by atoms with Gasteiger partial charge in [0.1, 0.15) is 5.82 Å². The monoisotopic (exact) mass is 320 g/mol. The number of ether oxygens (including phenoxy) is 2. The molecule has 0 aliphatic heterocycles. The Hall–Kier alpha value is -1.79. The molecule has 0 aliphatic carbocycles. The van der Waals surface area contributed by atoms with Gasteiger partial charge in [-0.15, -0.1) is 0 Å². The summed E-state index contributed by atoms with van der Waals surface area (Å²) in [5.41, 5.74) is 8.21. The van der Waals surface area contributed by atoms with Crippen molar-refractivity contribution >= 4 is 11.0 Å². The van der Waals surface area contributed by atoms with Gasteiger partial charge in [-0.05, 0) is 33.5 Å². The van der Waals surface area contributed by atoms with Crippen molar-refractivity contribution in [1.82, 2.24) is 14.5 Å². The van der Waals surface area contributed by atoms with Crippen LogP contribution in [-0.4, -0.2) is 49.3 Å². The lowest BCUT2D eigenvalue weighted by atomic mass is 10.2. The predicted molar refractivity (Wildman–Crippen MR) is 93.2 cm³/mol. The largest absolute Gasteiger partial charge is 0.493 e. The minimum Gasteiger partial charge on any atom is -0.493 e. The van der Waals surface area contributed by atoms with E-state index in [1.807, 2.05) is 12.1 Å². The number of nitrogens with zero attached hydrogens (tertiary/aromatic N) is 3. The molecule has 0 saturated carbocycles. The summed E-state index contributed by atoms with van der Waals surface area (Å²) in [4.78, 5) is 6.94. The molecule has 0 amide bonds. The average Bonchev–Trinajstić information content (AvgIpc) is 2.90. The molecule has 0 saturated heterocycles. The molecule has 0 radical (unpaired) electrons. The molecule has 0 aliphatic rings. The molecule has 1 aromatic carbocycles. The summed E-state index contributed by atoms with van der Waals surface area (Å²) < 4.78 is 13.0. The minimum absolute atomic E-state index is 0.0706. The Bertz CT molecular complexity index is 652. The van der Waals surface area contributed by atoms with Crippen molar-refractivity contribution in [3.63, 3.8) is 0 Å². The Morgan fingerprint density at radius 2 is 1.87 bits per heavy atom. The van der Waals surface area contributed by atoms with E-state index in [2.05, 4.69) is 30.5 Å². The zero-order valence-electron chi connectivity index (χ0n) is 14.8. The maximum Gasteiger partial charge on any atom is 0.163 e. The number of nitrogens with two attached hydrogens (primary N) is 1. The summed E-state index contributed by atoms with van der Waals surface area (Å²) in [6, 6.07) is 3.84. The first-order valence-corrected chi connectivity index (χ1v) is 8.04. The number of benzene rings is 1. The van der Waals surface area contributed by atoms with Gasteiger partial charge in [0.05, 0.1) is 31.3 Å². The van der Waals surface area contributed by atoms with Crippen molar-refractivity contribution in [2.75, 3.05) is 34.9 Å². The molecule has 2 aromatic rings. The van der Waals surface area contributed by atoms with Gasteiger partial charge in [0.15, 0.2) is 11.5 Å². The fraction of sp³-hybridized carbons (Fsp3) is 0.588. The number of hydrogen-bond acceptors (Lipinski definition) is 5. The summed E-state index contributed by atoms with van der Waals surface area (Å²) in [6.45, 7) is 3.98. The Balaban J connectivity index is 2.49. The van der Waals surface area contributed by atoms with E-state index < -0.39 is 0 Å². The molecule has 0 fully saturated rings. The molecule has 23 heavy (non-hydrogen) atoms. The number of imidazole rings is 1. The quantitative estimate of drug-likeness (QED) is 0.809. The molecule has 6 nitrogen and oxygen atoms in total. The summed E-state index contributed by atoms with van der Waals surface area (Å²) in [6.07, 6.45) is 1.89. The van der Waals surface area contributed by atoms with E-state index >= 15 is 0 Å². The van der Waals surface area contributed by atoms with Crippen LogP contribution < -0.4 is 15.2 Å². The zero-order chi connectivity index (χ0) is 17.0. The smallest absolute Gasteiger partial charge is 0.163 e. The summed E-state index contributed by atoms with van der Waals surface area (Å²) in [5, 5.41) is 0. The van der Waals surface area contributed by atoms with E-state index in [-0.39, 0.29) is 6.04 Å². The first kappa shape index (κ1) is 17.6. The van der Waals surface area contributed by atoms with E-state index in [9.17, 15) is 0 Å². The second kappa shape index (κ2) is 7.66. The van der Waals surface area contributed by atoms with Crippen molar-refractivity contribution in [3.05, 3.63) is 18.0 Å². The predicted octanol–water partition coefficient (Wildman–Crippen LogP) is 2.42. The van der Waals surface area contributed by atoms with Crippen molar-refractivity contribution in [3.8, 4) is 11.5 Å². The van der Waals surface area contributed by atoms with Gasteiger partial charge in [0.2, 0.25) is 0 Å². The number of aromatic nitrogens is 2. The van der Waals surface area contributed by atoms with Crippen LogP contribution >= 0.6 is 0 Å². The van der Waals surface area contributed by atoms with Crippen LogP contribution in [0.15, 0.2) is 12.1 Å². The molecule has 0 spiro atoms. The van der Waals surface area contributed by atoms with E-state index in [1.165, 1.54) is 0 Å². The highest BCUT2D eigenvalue weighted by Gasteiger charge is 2.18. The zero-order valence-corrected chi connectivity index (χ0v) is 14.8. The van der Waals surface area contributed by atoms with Gasteiger partial charge in [-0.25, -0.2) is 4.98 Å². The molecule has 1 aromatic heterocycles. The topological polar surface area (TPSA) is 65.5 Å². The number of aryl methyl sites for hydroxylation is 1. The van der Waals surface area contributed by atoms with Crippen molar-refractivity contribution in [2.24, 2.45) is 5.73 Å². The summed E-state index contributed by atoms with van der Waals surface area (Å²) in [7, 11) is 7.45. The molecular formula is C17H28N4O2. The summed E-state index contributed by atoms with van der Waals surface area (Å²) >= 11 is 0. The fourth-order valence-corrected chi connectivity index (χ4v) is 2.72. The SMILES string of the molecule is CCC(N)c1nc2cc(OC)c(OC)cc2n1CCCN(C)C. The highest BCUT2D eigenvalue weighted by Crippen LogP contribution is 2.33. The van der Waals surface area contributed by atoms with E-state index in [0.29, 0.717) is 11.5 Å². The maximum absolute atomic E-state index is 6.28. The Kier molecular flexibility index (Phi) is 5.85. The molecule has 0 bridgehead atoms. The van der Waals surface area contributed by atoms with Gasteiger partial charge in [-0.1, -0.05) is 6.92 Å². The second-order valence-corrected chi connectivity index (χ2v) is 5.99. The molecule has 128 valence electrons. The highest BCUT2D eigenvalue weighted by molar-refractivity contribution is 5.80. The van der Waals surface area contributed by atoms with Gasteiger partial charge < -0.3 is 24.7 Å². The second-order valence-electron chi connectivity index (χ2n) is 5.99. The third-order valence-corrected chi connectivity index (χ3v) is 4.04. The van der Waals surface area contributed by atoms with Crippen molar-refractivity contribution in [1.29, 1.82) is 0 Å². The molecule has 2 rings (SSSR count). The van der Waals surface area contributed by atoms with Crippen LogP contribution in [0.4, 0.5) is 0 Å². The highest BCUT2D eigenvalue weighted by atomic mass is 16.5. The van der Waals surface area contributed by atoms with Crippen LogP contribution in [0.3, 0.4) is 0 Å². The lowest BCUT2D eigenvalue weighted by molar-refractivity contribution is 0.355. The molecule has 1 unspecified atom stereocenters. The van der Waals surface area contributed by atoms with E-state index in [0.717, 1.165) is 42.8 Å². The van der Waals surface area contributed by atoms with Gasteiger partial charge in [-0.2, -0.15) is 0 Å². The van der Waals surface area contributed by atoms with E-state index in [4.69, 9.17) is 20.2 Å². The Morgan fingerprint density at radius 1 is 1.22 bits per heavy atom. The van der Waals surface area contributed by atoms with Crippen molar-refractivity contribution in [2.45, 2.75) is 32.4 Å². The molecule has 6 heteroatoms. The van der Waals surface area contributed by atoms with E-state index in [1.54, 1.807) is 14.2 Å². The summed E-state index contributed by atoms with van der Waals surface area (Å²) in [5.74, 6) is 2.33. The molecule has 2 N–H and O–H groups in total. The van der Waals surface area contributed by atoms with Crippen LogP contribution in [0.1, 0.15) is 31.6 Å². The maximum atomic E-state index is 6.28.